The molecular formula is C30H43ClN6O6. The Hall–Kier alpha value is -3.28. The van der Waals surface area contributed by atoms with Crippen LogP contribution >= 0.6 is 11.6 Å². The summed E-state index contributed by atoms with van der Waals surface area (Å²) in [5, 5.41) is 8.51. The second-order valence-corrected chi connectivity index (χ2v) is 14.5. The van der Waals surface area contributed by atoms with E-state index in [4.69, 9.17) is 25.8 Å². The Labute approximate surface area is 257 Å². The lowest BCUT2D eigenvalue weighted by Gasteiger charge is -2.42. The molecule has 2 atom stereocenters. The van der Waals surface area contributed by atoms with Gasteiger partial charge >= 0.3 is 18.2 Å². The van der Waals surface area contributed by atoms with Crippen molar-refractivity contribution in [3.63, 3.8) is 0 Å². The molecule has 2 bridgehead atoms. The summed E-state index contributed by atoms with van der Waals surface area (Å²) in [6.45, 7) is 15.5. The molecule has 3 aliphatic rings. The van der Waals surface area contributed by atoms with Crippen LogP contribution in [0.3, 0.4) is 0 Å². The summed E-state index contributed by atoms with van der Waals surface area (Å²) < 4.78 is 18.4. The molecule has 0 saturated carbocycles. The summed E-state index contributed by atoms with van der Waals surface area (Å²) in [5.41, 5.74) is 0.173. The van der Waals surface area contributed by atoms with E-state index in [9.17, 15) is 14.4 Å². The van der Waals surface area contributed by atoms with Crippen molar-refractivity contribution in [2.75, 3.05) is 18.4 Å². The zero-order valence-corrected chi connectivity index (χ0v) is 27.0. The maximum atomic E-state index is 13.2. The molecule has 3 fully saturated rings. The third-order valence-electron chi connectivity index (χ3n) is 7.83. The molecule has 13 heteroatoms. The standard InChI is InChI=1S/C30H43ClN6O6/c1-16(2)23-24(26(38)42-29(3,4)5)34-37-22(13-21(31)33-25(23)37)32-17-11-18-9-10-19(12-17)36(18)28(40)41-20-14-35(15-20)27(39)43-30(6,7)8/h13,16-20,32H,9-12,14-15H2,1-8H3. The van der Waals surface area contributed by atoms with Gasteiger partial charge in [0.25, 0.3) is 0 Å². The van der Waals surface area contributed by atoms with E-state index in [-0.39, 0.29) is 47.1 Å². The fourth-order valence-corrected chi connectivity index (χ4v) is 6.29. The van der Waals surface area contributed by atoms with Crippen LogP contribution in [0.1, 0.15) is 103 Å². The van der Waals surface area contributed by atoms with E-state index in [1.807, 2.05) is 60.3 Å². The minimum absolute atomic E-state index is 0.0276. The smallest absolute Gasteiger partial charge is 0.410 e. The number of aromatic nitrogens is 3. The number of carbonyl (C=O) groups excluding carboxylic acids is 3. The van der Waals surface area contributed by atoms with Crippen LogP contribution in [0.15, 0.2) is 6.07 Å². The van der Waals surface area contributed by atoms with E-state index >= 15 is 0 Å². The Kier molecular flexibility index (Phi) is 8.21. The van der Waals surface area contributed by atoms with Gasteiger partial charge in [-0.15, -0.1) is 0 Å². The molecule has 236 valence electrons. The van der Waals surface area contributed by atoms with Crippen molar-refractivity contribution < 1.29 is 28.6 Å². The van der Waals surface area contributed by atoms with E-state index in [0.29, 0.717) is 30.1 Å². The van der Waals surface area contributed by atoms with Gasteiger partial charge in [0.05, 0.1) is 13.1 Å². The average Bonchev–Trinajstić information content (AvgIpc) is 3.34. The first-order valence-electron chi connectivity index (χ1n) is 15.0. The van der Waals surface area contributed by atoms with Crippen LogP contribution in [0.4, 0.5) is 15.4 Å². The van der Waals surface area contributed by atoms with Crippen molar-refractivity contribution in [3.8, 4) is 0 Å². The number of ether oxygens (including phenoxy) is 3. The van der Waals surface area contributed by atoms with Gasteiger partial charge in [-0.05, 0) is 73.1 Å². The molecule has 0 spiro atoms. The van der Waals surface area contributed by atoms with Gasteiger partial charge in [0.2, 0.25) is 0 Å². The molecule has 3 aliphatic heterocycles. The summed E-state index contributed by atoms with van der Waals surface area (Å²) in [5.74, 6) is 0.0777. The highest BCUT2D eigenvalue weighted by Crippen LogP contribution is 2.38. The summed E-state index contributed by atoms with van der Waals surface area (Å²) in [4.78, 5) is 46.4. The molecule has 12 nitrogen and oxygen atoms in total. The van der Waals surface area contributed by atoms with Crippen molar-refractivity contribution in [1.82, 2.24) is 24.4 Å². The predicted octanol–water partition coefficient (Wildman–Crippen LogP) is 5.62. The first-order chi connectivity index (χ1) is 20.0. The number of esters is 1. The zero-order chi connectivity index (χ0) is 31.4. The minimum Gasteiger partial charge on any atom is -0.455 e. The number of anilines is 1. The van der Waals surface area contributed by atoms with Crippen LogP contribution in [-0.4, -0.2) is 91.1 Å². The Morgan fingerprint density at radius 1 is 0.977 bits per heavy atom. The maximum absolute atomic E-state index is 13.2. The monoisotopic (exact) mass is 618 g/mol. The number of amides is 2. The number of likely N-dealkylation sites (tertiary alicyclic amines) is 1. The van der Waals surface area contributed by atoms with E-state index in [2.05, 4.69) is 15.4 Å². The number of rotatable bonds is 5. The van der Waals surface area contributed by atoms with Gasteiger partial charge in [-0.1, -0.05) is 25.4 Å². The molecule has 2 aromatic rings. The van der Waals surface area contributed by atoms with Gasteiger partial charge < -0.3 is 29.3 Å². The topological polar surface area (TPSA) is 128 Å². The first kappa shape index (κ1) is 31.2. The van der Waals surface area contributed by atoms with Crippen LogP contribution in [0.25, 0.3) is 5.65 Å². The maximum Gasteiger partial charge on any atom is 0.410 e. The van der Waals surface area contributed by atoms with Crippen molar-refractivity contribution in [1.29, 1.82) is 0 Å². The minimum atomic E-state index is -0.669. The molecule has 43 heavy (non-hydrogen) atoms. The Bertz CT molecular complexity index is 1390. The highest BCUT2D eigenvalue weighted by atomic mass is 35.5. The van der Waals surface area contributed by atoms with Gasteiger partial charge in [-0.3, -0.25) is 0 Å². The molecule has 2 aromatic heterocycles. The Morgan fingerprint density at radius 2 is 1.58 bits per heavy atom. The lowest BCUT2D eigenvalue weighted by Crippen LogP contribution is -2.58. The number of hydrogen-bond donors (Lipinski definition) is 1. The van der Waals surface area contributed by atoms with E-state index in [0.717, 1.165) is 25.7 Å². The fraction of sp³-hybridized carbons (Fsp3) is 0.700. The van der Waals surface area contributed by atoms with Gasteiger partial charge in [0, 0.05) is 29.8 Å². The zero-order valence-electron chi connectivity index (χ0n) is 26.3. The third kappa shape index (κ3) is 6.78. The van der Waals surface area contributed by atoms with Crippen molar-refractivity contribution in [2.45, 2.75) is 122 Å². The molecule has 5 heterocycles. The fourth-order valence-electron chi connectivity index (χ4n) is 6.11. The Morgan fingerprint density at radius 3 is 2.14 bits per heavy atom. The first-order valence-corrected chi connectivity index (χ1v) is 15.4. The average molecular weight is 619 g/mol. The number of nitrogens with one attached hydrogen (secondary N) is 1. The van der Waals surface area contributed by atoms with E-state index in [1.54, 1.807) is 15.5 Å². The highest BCUT2D eigenvalue weighted by molar-refractivity contribution is 6.29. The molecule has 3 saturated heterocycles. The lowest BCUT2D eigenvalue weighted by molar-refractivity contribution is -0.0485. The predicted molar refractivity (Wildman–Crippen MR) is 161 cm³/mol. The normalized spacial score (nSPS) is 22.5. The molecular weight excluding hydrogens is 576 g/mol. The van der Waals surface area contributed by atoms with Crippen LogP contribution in [0.5, 0.6) is 0 Å². The second kappa shape index (κ2) is 11.3. The molecule has 1 N–H and O–H groups in total. The number of fused-ring (bicyclic) bond motifs is 3. The van der Waals surface area contributed by atoms with Crippen molar-refractivity contribution in [3.05, 3.63) is 22.5 Å². The Balaban J connectivity index is 1.26. The van der Waals surface area contributed by atoms with Crippen LogP contribution in [0.2, 0.25) is 5.15 Å². The summed E-state index contributed by atoms with van der Waals surface area (Å²) in [7, 11) is 0. The van der Waals surface area contributed by atoms with Crippen molar-refractivity contribution >= 4 is 41.2 Å². The number of carbonyl (C=O) groups is 3. The van der Waals surface area contributed by atoms with Crippen LogP contribution < -0.4 is 5.32 Å². The van der Waals surface area contributed by atoms with Gasteiger partial charge in [-0.25, -0.2) is 19.4 Å². The number of piperidine rings is 1. The second-order valence-electron chi connectivity index (χ2n) is 14.1. The SMILES string of the molecule is CC(C)c1c(C(=O)OC(C)(C)C)nn2c(NC3CC4CCC(C3)N4C(=O)OC3CN(C(=O)OC(C)(C)C)C3)cc(Cl)nc12. The van der Waals surface area contributed by atoms with Crippen LogP contribution in [-0.2, 0) is 14.2 Å². The molecule has 0 aliphatic carbocycles. The van der Waals surface area contributed by atoms with Crippen molar-refractivity contribution in [2.24, 2.45) is 0 Å². The van der Waals surface area contributed by atoms with Gasteiger partial charge in [0.1, 0.15) is 28.3 Å². The lowest BCUT2D eigenvalue weighted by atomic mass is 9.97. The quantitative estimate of drug-likeness (QED) is 0.258. The number of hydrogen-bond acceptors (Lipinski definition) is 9. The summed E-state index contributed by atoms with van der Waals surface area (Å²) in [6.07, 6.45) is 2.16. The molecule has 0 aromatic carbocycles. The number of halogens is 1. The van der Waals surface area contributed by atoms with Crippen LogP contribution in [0, 0.1) is 0 Å². The van der Waals surface area contributed by atoms with Gasteiger partial charge in [0.15, 0.2) is 11.3 Å². The highest BCUT2D eigenvalue weighted by Gasteiger charge is 2.46. The molecule has 2 unspecified atom stereocenters. The summed E-state index contributed by atoms with van der Waals surface area (Å²) >= 11 is 6.47. The largest absolute Gasteiger partial charge is 0.455 e. The third-order valence-corrected chi connectivity index (χ3v) is 8.02. The summed E-state index contributed by atoms with van der Waals surface area (Å²) in [6, 6.07) is 1.81. The molecule has 5 rings (SSSR count). The molecule has 2 amide bonds. The molecule has 0 radical (unpaired) electrons. The van der Waals surface area contributed by atoms with E-state index < -0.39 is 23.3 Å². The van der Waals surface area contributed by atoms with Gasteiger partial charge in [-0.2, -0.15) is 9.61 Å². The number of nitrogens with zero attached hydrogens (tertiary/aromatic N) is 5. The van der Waals surface area contributed by atoms with E-state index in [1.165, 1.54) is 0 Å².